The van der Waals surface area contributed by atoms with Crippen molar-refractivity contribution in [2.45, 2.75) is 50.6 Å². The summed E-state index contributed by atoms with van der Waals surface area (Å²) >= 11 is 0. The van der Waals surface area contributed by atoms with Gasteiger partial charge in [-0.3, -0.25) is 0 Å². The number of hydrogen-bond donors (Lipinski definition) is 1. The molecule has 0 heterocycles. The third kappa shape index (κ3) is 5.93. The maximum absolute atomic E-state index is 13.7. The zero-order chi connectivity index (χ0) is 23.5. The van der Waals surface area contributed by atoms with Crippen LogP contribution in [0.1, 0.15) is 61.1 Å². The minimum absolute atomic E-state index is 0.0653. The highest BCUT2D eigenvalue weighted by molar-refractivity contribution is 5.68. The maximum Gasteiger partial charge on any atom is 0.416 e. The van der Waals surface area contributed by atoms with Crippen molar-refractivity contribution in [1.29, 1.82) is 0 Å². The van der Waals surface area contributed by atoms with Crippen LogP contribution in [0.25, 0.3) is 0 Å². The van der Waals surface area contributed by atoms with Gasteiger partial charge in [-0.2, -0.15) is 13.2 Å². The molecule has 32 heavy (non-hydrogen) atoms. The van der Waals surface area contributed by atoms with Gasteiger partial charge in [0.05, 0.1) is 12.7 Å². The SMILES string of the molecule is COc1cc([C@@H](C)CC2CC[C@@H](c3cc(OCC(=O)O)cc(C(F)(F)F)c3)C2)ccc1F. The molecule has 0 spiro atoms. The molecule has 1 fully saturated rings. The van der Waals surface area contributed by atoms with Crippen LogP contribution < -0.4 is 9.47 Å². The van der Waals surface area contributed by atoms with Gasteiger partial charge in [0.15, 0.2) is 18.2 Å². The van der Waals surface area contributed by atoms with E-state index in [9.17, 15) is 22.4 Å². The van der Waals surface area contributed by atoms with Crippen LogP contribution in [0.15, 0.2) is 36.4 Å². The Bertz CT molecular complexity index is 958. The summed E-state index contributed by atoms with van der Waals surface area (Å²) in [6, 6.07) is 8.28. The maximum atomic E-state index is 13.7. The minimum Gasteiger partial charge on any atom is -0.494 e. The molecule has 1 saturated carbocycles. The molecule has 8 heteroatoms. The van der Waals surface area contributed by atoms with E-state index in [0.29, 0.717) is 11.5 Å². The number of rotatable bonds is 8. The van der Waals surface area contributed by atoms with Crippen molar-refractivity contribution >= 4 is 5.97 Å². The van der Waals surface area contributed by atoms with Crippen LogP contribution in [0.2, 0.25) is 0 Å². The second-order valence-electron chi connectivity index (χ2n) is 8.38. The van der Waals surface area contributed by atoms with Gasteiger partial charge in [-0.15, -0.1) is 0 Å². The predicted molar refractivity (Wildman–Crippen MR) is 111 cm³/mol. The van der Waals surface area contributed by atoms with E-state index >= 15 is 0 Å². The highest BCUT2D eigenvalue weighted by Crippen LogP contribution is 2.44. The quantitative estimate of drug-likeness (QED) is 0.470. The number of carboxylic acid groups (broad SMARTS) is 1. The summed E-state index contributed by atoms with van der Waals surface area (Å²) in [5, 5.41) is 8.77. The molecule has 174 valence electrons. The molecular weight excluding hydrogens is 428 g/mol. The first-order chi connectivity index (χ1) is 15.1. The lowest BCUT2D eigenvalue weighted by atomic mass is 9.87. The third-order valence-electron chi connectivity index (χ3n) is 6.06. The first kappa shape index (κ1) is 23.9. The van der Waals surface area contributed by atoms with E-state index in [2.05, 4.69) is 0 Å². The summed E-state index contributed by atoms with van der Waals surface area (Å²) in [6.45, 7) is 1.34. The summed E-state index contributed by atoms with van der Waals surface area (Å²) in [7, 11) is 1.41. The van der Waals surface area contributed by atoms with E-state index in [1.807, 2.05) is 6.92 Å². The number of benzene rings is 2. The van der Waals surface area contributed by atoms with Gasteiger partial charge in [-0.25, -0.2) is 9.18 Å². The Morgan fingerprint density at radius 2 is 1.94 bits per heavy atom. The first-order valence-corrected chi connectivity index (χ1v) is 10.5. The van der Waals surface area contributed by atoms with Crippen molar-refractivity contribution in [2.75, 3.05) is 13.7 Å². The first-order valence-electron chi connectivity index (χ1n) is 10.5. The van der Waals surface area contributed by atoms with Crippen LogP contribution in [-0.2, 0) is 11.0 Å². The van der Waals surface area contributed by atoms with Crippen LogP contribution in [0.5, 0.6) is 11.5 Å². The van der Waals surface area contributed by atoms with Crippen molar-refractivity contribution in [2.24, 2.45) is 5.92 Å². The van der Waals surface area contributed by atoms with Crippen LogP contribution in [-0.4, -0.2) is 24.8 Å². The molecule has 3 atom stereocenters. The lowest BCUT2D eigenvalue weighted by Gasteiger charge is -2.19. The number of methoxy groups -OCH3 is 1. The molecule has 4 nitrogen and oxygen atoms in total. The Morgan fingerprint density at radius 3 is 2.59 bits per heavy atom. The van der Waals surface area contributed by atoms with Gasteiger partial charge in [-0.05, 0) is 84.9 Å². The van der Waals surface area contributed by atoms with Crippen molar-refractivity contribution in [3.8, 4) is 11.5 Å². The zero-order valence-electron chi connectivity index (χ0n) is 17.9. The number of hydrogen-bond acceptors (Lipinski definition) is 3. The van der Waals surface area contributed by atoms with E-state index < -0.39 is 30.1 Å². The molecule has 1 unspecified atom stereocenters. The molecule has 0 bridgehead atoms. The molecule has 1 aliphatic carbocycles. The molecule has 0 radical (unpaired) electrons. The average Bonchev–Trinajstić information content (AvgIpc) is 3.20. The normalized spacial score (nSPS) is 19.6. The topological polar surface area (TPSA) is 55.8 Å². The predicted octanol–water partition coefficient (Wildman–Crippen LogP) is 6.39. The average molecular weight is 454 g/mol. The van der Waals surface area contributed by atoms with E-state index in [1.54, 1.807) is 12.1 Å². The molecule has 0 amide bonds. The Labute approximate surface area is 184 Å². The van der Waals surface area contributed by atoms with Gasteiger partial charge in [0.1, 0.15) is 5.75 Å². The Kier molecular flexibility index (Phi) is 7.31. The van der Waals surface area contributed by atoms with E-state index in [1.165, 1.54) is 19.2 Å². The monoisotopic (exact) mass is 454 g/mol. The number of carbonyl (C=O) groups is 1. The fourth-order valence-electron chi connectivity index (χ4n) is 4.46. The second kappa shape index (κ2) is 9.79. The highest BCUT2D eigenvalue weighted by Gasteiger charge is 2.34. The summed E-state index contributed by atoms with van der Waals surface area (Å²) in [6.07, 6.45) is -1.39. The fourth-order valence-corrected chi connectivity index (χ4v) is 4.46. The number of ether oxygens (including phenoxy) is 2. The lowest BCUT2D eigenvalue weighted by Crippen LogP contribution is -2.12. The highest BCUT2D eigenvalue weighted by atomic mass is 19.4. The number of carboxylic acids is 1. The van der Waals surface area contributed by atoms with Gasteiger partial charge in [-0.1, -0.05) is 13.0 Å². The largest absolute Gasteiger partial charge is 0.494 e. The van der Waals surface area contributed by atoms with Gasteiger partial charge in [0, 0.05) is 0 Å². The number of alkyl halides is 3. The second-order valence-corrected chi connectivity index (χ2v) is 8.38. The standard InChI is InChI=1S/C24H26F4O4/c1-14(16-5-6-21(25)22(11-16)31-2)7-15-3-4-17(8-15)18-9-19(24(26,27)28)12-20(10-18)32-13-23(29)30/h5-6,9-12,14-15,17H,3-4,7-8,13H2,1-2H3,(H,29,30)/t14-,15?,17+/m0/s1. The van der Waals surface area contributed by atoms with Crippen molar-refractivity contribution in [1.82, 2.24) is 0 Å². The Morgan fingerprint density at radius 1 is 1.19 bits per heavy atom. The molecule has 0 aromatic heterocycles. The van der Waals surface area contributed by atoms with Crippen LogP contribution in [0, 0.1) is 11.7 Å². The van der Waals surface area contributed by atoms with E-state index in [-0.39, 0.29) is 23.3 Å². The molecular formula is C24H26F4O4. The molecule has 0 aliphatic heterocycles. The summed E-state index contributed by atoms with van der Waals surface area (Å²) in [4.78, 5) is 10.7. The molecule has 2 aromatic carbocycles. The number of halogens is 4. The van der Waals surface area contributed by atoms with Crippen LogP contribution >= 0.6 is 0 Å². The van der Waals surface area contributed by atoms with Gasteiger partial charge < -0.3 is 14.6 Å². The third-order valence-corrected chi connectivity index (χ3v) is 6.06. The van der Waals surface area contributed by atoms with E-state index in [0.717, 1.165) is 43.4 Å². The Hall–Kier alpha value is -2.77. The van der Waals surface area contributed by atoms with Crippen molar-refractivity contribution in [3.63, 3.8) is 0 Å². The number of aliphatic carboxylic acids is 1. The lowest BCUT2D eigenvalue weighted by molar-refractivity contribution is -0.139. The molecule has 1 N–H and O–H groups in total. The van der Waals surface area contributed by atoms with Crippen LogP contribution in [0.4, 0.5) is 17.6 Å². The molecule has 0 saturated heterocycles. The van der Waals surface area contributed by atoms with Gasteiger partial charge in [0.25, 0.3) is 0 Å². The van der Waals surface area contributed by atoms with Crippen LogP contribution in [0.3, 0.4) is 0 Å². The van der Waals surface area contributed by atoms with Gasteiger partial charge >= 0.3 is 12.1 Å². The summed E-state index contributed by atoms with van der Waals surface area (Å²) in [5.74, 6) is -1.19. The molecule has 2 aromatic rings. The summed E-state index contributed by atoms with van der Waals surface area (Å²) < 4.78 is 63.8. The van der Waals surface area contributed by atoms with Crippen molar-refractivity contribution in [3.05, 3.63) is 58.9 Å². The van der Waals surface area contributed by atoms with Crippen molar-refractivity contribution < 1.29 is 36.9 Å². The van der Waals surface area contributed by atoms with E-state index in [4.69, 9.17) is 14.6 Å². The fraction of sp³-hybridized carbons (Fsp3) is 0.458. The van der Waals surface area contributed by atoms with Gasteiger partial charge in [0.2, 0.25) is 0 Å². The zero-order valence-corrected chi connectivity index (χ0v) is 17.9. The summed E-state index contributed by atoms with van der Waals surface area (Å²) in [5.41, 5.74) is 0.625. The minimum atomic E-state index is -4.55. The Balaban J connectivity index is 1.72. The molecule has 3 rings (SSSR count). The molecule has 1 aliphatic rings. The smallest absolute Gasteiger partial charge is 0.416 e.